The lowest BCUT2D eigenvalue weighted by atomic mass is 10.2. The van der Waals surface area contributed by atoms with Crippen LogP contribution in [0.2, 0.25) is 5.02 Å². The van der Waals surface area contributed by atoms with Crippen molar-refractivity contribution in [3.63, 3.8) is 0 Å². The average Bonchev–Trinajstić information content (AvgIpc) is 2.48. The van der Waals surface area contributed by atoms with Crippen molar-refractivity contribution in [1.82, 2.24) is 10.3 Å². The number of anilines is 1. The van der Waals surface area contributed by atoms with Gasteiger partial charge in [-0.05, 0) is 52.4 Å². The topological polar surface area (TPSA) is 94.2 Å². The van der Waals surface area contributed by atoms with Gasteiger partial charge in [-0.2, -0.15) is 0 Å². The number of pyridine rings is 1. The molecule has 2 N–H and O–H groups in total. The van der Waals surface area contributed by atoms with Crippen LogP contribution in [-0.2, 0) is 0 Å². The Hall–Kier alpha value is -2.03. The van der Waals surface area contributed by atoms with E-state index in [1.165, 1.54) is 24.4 Å². The Morgan fingerprint density at radius 3 is 2.65 bits per heavy atom. The number of carboxylic acid groups (broad SMARTS) is 1. The van der Waals surface area contributed by atoms with Crippen molar-refractivity contribution in [3.05, 3.63) is 57.3 Å². The number of hydrogen-bond acceptors (Lipinski definition) is 5. The van der Waals surface area contributed by atoms with Crippen molar-refractivity contribution in [2.75, 3.05) is 5.32 Å². The highest BCUT2D eigenvalue weighted by molar-refractivity contribution is 9.10. The van der Waals surface area contributed by atoms with Crippen LogP contribution in [0.1, 0.15) is 20.7 Å². The molecule has 0 saturated carbocycles. The normalized spacial score (nSPS) is 10.0. The minimum Gasteiger partial charge on any atom is -0.545 e. The lowest BCUT2D eigenvalue weighted by Crippen LogP contribution is -2.34. The van der Waals surface area contributed by atoms with Crippen molar-refractivity contribution in [1.29, 1.82) is 0 Å². The van der Waals surface area contributed by atoms with Crippen LogP contribution in [0, 0.1) is 0 Å². The van der Waals surface area contributed by atoms with Gasteiger partial charge in [0.1, 0.15) is 0 Å². The van der Waals surface area contributed by atoms with Crippen molar-refractivity contribution in [2.45, 2.75) is 0 Å². The van der Waals surface area contributed by atoms with Gasteiger partial charge in [-0.15, -0.1) is 0 Å². The first-order valence-electron chi connectivity index (χ1n) is 6.10. The van der Waals surface area contributed by atoms with E-state index >= 15 is 0 Å². The number of hydrogen-bond donors (Lipinski definition) is 2. The maximum Gasteiger partial charge on any atom is 0.259 e. The van der Waals surface area contributed by atoms with Crippen molar-refractivity contribution in [2.24, 2.45) is 0 Å². The number of aromatic nitrogens is 1. The first-order chi connectivity index (χ1) is 10.9. The van der Waals surface area contributed by atoms with Gasteiger partial charge in [-0.25, -0.2) is 0 Å². The van der Waals surface area contributed by atoms with Crippen molar-refractivity contribution >= 4 is 62.4 Å². The molecule has 6 nitrogen and oxygen atoms in total. The molecule has 118 valence electrons. The molecule has 0 spiro atoms. The highest BCUT2D eigenvalue weighted by Crippen LogP contribution is 2.20. The lowest BCUT2D eigenvalue weighted by Gasteiger charge is -2.12. The molecule has 0 saturated heterocycles. The SMILES string of the molecule is O=C(NC(=S)Nc1ccc(Cl)c(C(=O)[O-])c1)c1cncc(Br)c1. The van der Waals surface area contributed by atoms with E-state index in [2.05, 4.69) is 31.5 Å². The van der Waals surface area contributed by atoms with Gasteiger partial charge >= 0.3 is 0 Å². The second-order valence-corrected chi connectivity index (χ2v) is 6.01. The maximum absolute atomic E-state index is 12.0. The van der Waals surface area contributed by atoms with E-state index in [9.17, 15) is 14.7 Å². The van der Waals surface area contributed by atoms with Crippen LogP contribution in [0.15, 0.2) is 41.1 Å². The van der Waals surface area contributed by atoms with E-state index in [1.807, 2.05) is 0 Å². The van der Waals surface area contributed by atoms with Gasteiger partial charge in [0.25, 0.3) is 5.91 Å². The number of carboxylic acids is 1. The fourth-order valence-electron chi connectivity index (χ4n) is 1.63. The van der Waals surface area contributed by atoms with Crippen LogP contribution in [0.5, 0.6) is 0 Å². The molecule has 1 amide bonds. The molecule has 1 heterocycles. The van der Waals surface area contributed by atoms with Gasteiger partial charge in [-0.3, -0.25) is 15.1 Å². The number of carbonyl (C=O) groups is 2. The van der Waals surface area contributed by atoms with Crippen LogP contribution in [-0.4, -0.2) is 22.0 Å². The monoisotopic (exact) mass is 412 g/mol. The Morgan fingerprint density at radius 1 is 1.26 bits per heavy atom. The maximum atomic E-state index is 12.0. The standard InChI is InChI=1S/C14H9BrClN3O3S/c15-8-3-7(5-17-6-8)12(20)19-14(23)18-9-1-2-11(16)10(4-9)13(21)22/h1-6H,(H,21,22)(H2,18,19,20,23)/p-1. The second-order valence-electron chi connectivity index (χ2n) is 4.28. The number of carbonyl (C=O) groups excluding carboxylic acids is 2. The smallest absolute Gasteiger partial charge is 0.259 e. The molecule has 0 radical (unpaired) electrons. The molecule has 0 aliphatic heterocycles. The van der Waals surface area contributed by atoms with Gasteiger partial charge < -0.3 is 15.2 Å². The Balaban J connectivity index is 2.06. The molecule has 0 atom stereocenters. The summed E-state index contributed by atoms with van der Waals surface area (Å²) >= 11 is 14.0. The zero-order valence-electron chi connectivity index (χ0n) is 11.3. The molecule has 23 heavy (non-hydrogen) atoms. The van der Waals surface area contributed by atoms with E-state index in [0.29, 0.717) is 15.7 Å². The van der Waals surface area contributed by atoms with Crippen LogP contribution < -0.4 is 15.7 Å². The van der Waals surface area contributed by atoms with Crippen LogP contribution in [0.4, 0.5) is 5.69 Å². The third-order valence-electron chi connectivity index (χ3n) is 2.64. The summed E-state index contributed by atoms with van der Waals surface area (Å²) in [5.41, 5.74) is 0.489. The summed E-state index contributed by atoms with van der Waals surface area (Å²) in [6.07, 6.45) is 2.93. The molecule has 2 rings (SSSR count). The number of nitrogens with zero attached hydrogens (tertiary/aromatic N) is 1. The summed E-state index contributed by atoms with van der Waals surface area (Å²) in [5.74, 6) is -1.86. The number of halogens is 2. The Kier molecular flexibility index (Phi) is 5.64. The molecule has 9 heteroatoms. The van der Waals surface area contributed by atoms with Crippen LogP contribution in [0.3, 0.4) is 0 Å². The number of thiocarbonyl (C=S) groups is 1. The third kappa shape index (κ3) is 4.72. The molecular weight excluding hydrogens is 406 g/mol. The van der Waals surface area contributed by atoms with E-state index in [-0.39, 0.29) is 15.7 Å². The second kappa shape index (κ2) is 7.49. The molecule has 0 fully saturated rings. The molecule has 0 aliphatic carbocycles. The van der Waals surface area contributed by atoms with Gasteiger partial charge in [0, 0.05) is 33.1 Å². The number of amides is 1. The predicted molar refractivity (Wildman–Crippen MR) is 91.4 cm³/mol. The van der Waals surface area contributed by atoms with Crippen LogP contribution in [0.25, 0.3) is 0 Å². The number of benzene rings is 1. The Labute approximate surface area is 150 Å². The summed E-state index contributed by atoms with van der Waals surface area (Å²) in [4.78, 5) is 26.8. The molecular formula is C14H8BrClN3O3S-. The highest BCUT2D eigenvalue weighted by atomic mass is 79.9. The Bertz CT molecular complexity index is 801. The number of rotatable bonds is 3. The fourth-order valence-corrected chi connectivity index (χ4v) is 2.40. The van der Waals surface area contributed by atoms with Crippen LogP contribution >= 0.6 is 39.7 Å². The zero-order valence-corrected chi connectivity index (χ0v) is 14.5. The summed E-state index contributed by atoms with van der Waals surface area (Å²) in [6.45, 7) is 0. The van der Waals surface area contributed by atoms with E-state index in [1.54, 1.807) is 12.3 Å². The molecule has 0 aliphatic rings. The Morgan fingerprint density at radius 2 is 2.00 bits per heavy atom. The third-order valence-corrected chi connectivity index (χ3v) is 3.61. The van der Waals surface area contributed by atoms with E-state index in [0.717, 1.165) is 0 Å². The number of nitrogens with one attached hydrogen (secondary N) is 2. The molecule has 1 aromatic carbocycles. The van der Waals surface area contributed by atoms with Gasteiger partial charge in [0.05, 0.1) is 11.5 Å². The average molecular weight is 414 g/mol. The number of aromatic carboxylic acids is 1. The minimum absolute atomic E-state index is 0.00148. The molecule has 0 unspecified atom stereocenters. The quantitative estimate of drug-likeness (QED) is 0.747. The van der Waals surface area contributed by atoms with E-state index in [4.69, 9.17) is 23.8 Å². The summed E-state index contributed by atoms with van der Waals surface area (Å²) < 4.78 is 0.653. The summed E-state index contributed by atoms with van der Waals surface area (Å²) in [5, 5.41) is 16.1. The lowest BCUT2D eigenvalue weighted by molar-refractivity contribution is -0.255. The summed E-state index contributed by atoms with van der Waals surface area (Å²) in [7, 11) is 0. The molecule has 1 aromatic heterocycles. The molecule has 0 bridgehead atoms. The first-order valence-corrected chi connectivity index (χ1v) is 7.68. The first kappa shape index (κ1) is 17.3. The van der Waals surface area contributed by atoms with Gasteiger partial charge in [0.15, 0.2) is 5.11 Å². The predicted octanol–water partition coefficient (Wildman–Crippen LogP) is 1.99. The molecule has 2 aromatic rings. The van der Waals surface area contributed by atoms with E-state index < -0.39 is 11.9 Å². The van der Waals surface area contributed by atoms with Crippen molar-refractivity contribution in [3.8, 4) is 0 Å². The fraction of sp³-hybridized carbons (Fsp3) is 0. The zero-order chi connectivity index (χ0) is 17.0. The van der Waals surface area contributed by atoms with Gasteiger partial charge in [-0.1, -0.05) is 11.6 Å². The van der Waals surface area contributed by atoms with Crippen molar-refractivity contribution < 1.29 is 14.7 Å². The highest BCUT2D eigenvalue weighted by Gasteiger charge is 2.10. The minimum atomic E-state index is -1.41. The summed E-state index contributed by atoms with van der Waals surface area (Å²) in [6, 6.07) is 5.75. The van der Waals surface area contributed by atoms with Gasteiger partial charge in [0.2, 0.25) is 0 Å². The largest absolute Gasteiger partial charge is 0.545 e.